The number of hydrogen-bond donors (Lipinski definition) is 1. The number of ether oxygens (including phenoxy) is 2. The van der Waals surface area contributed by atoms with Crippen molar-refractivity contribution in [2.75, 3.05) is 19.8 Å². The van der Waals surface area contributed by atoms with Gasteiger partial charge in [-0.3, -0.25) is 0 Å². The van der Waals surface area contributed by atoms with Gasteiger partial charge >= 0.3 is 5.97 Å². The van der Waals surface area contributed by atoms with Crippen molar-refractivity contribution in [1.29, 1.82) is 0 Å². The molecular formula is C25H26O4. The predicted molar refractivity (Wildman–Crippen MR) is 113 cm³/mol. The number of benzene rings is 3. The van der Waals surface area contributed by atoms with Crippen LogP contribution in [0.15, 0.2) is 91.0 Å². The summed E-state index contributed by atoms with van der Waals surface area (Å²) in [6.07, 6.45) is 0. The molecule has 0 aliphatic carbocycles. The Hall–Kier alpha value is -2.95. The predicted octanol–water partition coefficient (Wildman–Crippen LogP) is 4.73. The lowest BCUT2D eigenvalue weighted by atomic mass is 9.80. The Kier molecular flexibility index (Phi) is 7.17. The van der Waals surface area contributed by atoms with Crippen LogP contribution in [0.3, 0.4) is 0 Å². The van der Waals surface area contributed by atoms with E-state index < -0.39 is 11.6 Å². The molecule has 0 unspecified atom stereocenters. The Labute approximate surface area is 171 Å². The molecule has 29 heavy (non-hydrogen) atoms. The highest BCUT2D eigenvalue weighted by molar-refractivity contribution is 5.67. The van der Waals surface area contributed by atoms with Gasteiger partial charge in [0.2, 0.25) is 0 Å². The molecule has 0 aliphatic heterocycles. The van der Waals surface area contributed by atoms with Crippen molar-refractivity contribution in [3.63, 3.8) is 0 Å². The summed E-state index contributed by atoms with van der Waals surface area (Å²) in [4.78, 5) is 10.7. The van der Waals surface area contributed by atoms with Gasteiger partial charge in [0.15, 0.2) is 0 Å². The smallest absolute Gasteiger partial charge is 0.329 e. The van der Waals surface area contributed by atoms with E-state index in [2.05, 4.69) is 36.4 Å². The topological polar surface area (TPSA) is 55.8 Å². The summed E-state index contributed by atoms with van der Waals surface area (Å²) >= 11 is 0. The molecule has 3 aromatic carbocycles. The number of hydrogen-bond acceptors (Lipinski definition) is 3. The van der Waals surface area contributed by atoms with E-state index in [0.29, 0.717) is 13.2 Å². The molecule has 0 aliphatic rings. The maximum absolute atomic E-state index is 10.7. The molecule has 150 valence electrons. The van der Waals surface area contributed by atoms with Gasteiger partial charge in [0.1, 0.15) is 12.2 Å². The number of carboxylic acids is 1. The van der Waals surface area contributed by atoms with Crippen molar-refractivity contribution in [3.8, 4) is 0 Å². The molecular weight excluding hydrogens is 364 g/mol. The fourth-order valence-corrected chi connectivity index (χ4v) is 3.43. The Morgan fingerprint density at radius 1 is 0.793 bits per heavy atom. The Bertz CT molecular complexity index is 782. The first-order valence-corrected chi connectivity index (χ1v) is 9.73. The van der Waals surface area contributed by atoms with Gasteiger partial charge in [-0.25, -0.2) is 4.79 Å². The molecule has 0 aromatic heterocycles. The van der Waals surface area contributed by atoms with E-state index in [1.807, 2.05) is 61.5 Å². The van der Waals surface area contributed by atoms with Gasteiger partial charge in [-0.05, 0) is 16.7 Å². The van der Waals surface area contributed by atoms with Gasteiger partial charge in [0.05, 0.1) is 13.2 Å². The molecule has 0 fully saturated rings. The molecule has 0 amide bonds. The Morgan fingerprint density at radius 2 is 1.21 bits per heavy atom. The summed E-state index contributed by atoms with van der Waals surface area (Å²) in [5.41, 5.74) is 2.34. The summed E-state index contributed by atoms with van der Waals surface area (Å²) in [5.74, 6) is -0.935. The van der Waals surface area contributed by atoms with Crippen molar-refractivity contribution in [2.24, 2.45) is 5.92 Å². The molecule has 4 heteroatoms. The van der Waals surface area contributed by atoms with Gasteiger partial charge in [-0.2, -0.15) is 0 Å². The van der Waals surface area contributed by atoms with Gasteiger partial charge in [0, 0.05) is 5.92 Å². The van der Waals surface area contributed by atoms with E-state index in [1.165, 1.54) is 0 Å². The third-order valence-corrected chi connectivity index (χ3v) is 4.75. The van der Waals surface area contributed by atoms with Crippen molar-refractivity contribution in [1.82, 2.24) is 0 Å². The van der Waals surface area contributed by atoms with Crippen LogP contribution < -0.4 is 0 Å². The fourth-order valence-electron chi connectivity index (χ4n) is 3.43. The minimum atomic E-state index is -0.967. The summed E-state index contributed by atoms with van der Waals surface area (Å²) in [6.45, 7) is 2.43. The first kappa shape index (κ1) is 20.8. The first-order valence-electron chi connectivity index (χ1n) is 9.73. The van der Waals surface area contributed by atoms with Crippen LogP contribution in [0.1, 0.15) is 23.6 Å². The maximum Gasteiger partial charge on any atom is 0.329 e. The SMILES string of the molecule is C[C@H](COCC(=O)O)COC(c1ccccc1)(c1ccccc1)c1ccccc1. The first-order chi connectivity index (χ1) is 14.1. The third-order valence-electron chi connectivity index (χ3n) is 4.75. The largest absolute Gasteiger partial charge is 0.480 e. The van der Waals surface area contributed by atoms with Crippen LogP contribution in [0.5, 0.6) is 0 Å². The quantitative estimate of drug-likeness (QED) is 0.509. The van der Waals surface area contributed by atoms with Crippen LogP contribution in [-0.2, 0) is 19.9 Å². The number of aliphatic carboxylic acids is 1. The van der Waals surface area contributed by atoms with Crippen LogP contribution in [0.2, 0.25) is 0 Å². The summed E-state index contributed by atoms with van der Waals surface area (Å²) in [6, 6.07) is 30.5. The molecule has 0 radical (unpaired) electrons. The molecule has 0 spiro atoms. The summed E-state index contributed by atoms with van der Waals surface area (Å²) < 4.78 is 11.9. The molecule has 1 N–H and O–H groups in total. The van der Waals surface area contributed by atoms with Crippen LogP contribution in [0.4, 0.5) is 0 Å². The summed E-state index contributed by atoms with van der Waals surface area (Å²) in [7, 11) is 0. The van der Waals surface area contributed by atoms with Crippen molar-refractivity contribution in [3.05, 3.63) is 108 Å². The highest BCUT2D eigenvalue weighted by atomic mass is 16.5. The Balaban J connectivity index is 1.98. The third kappa shape index (κ3) is 5.11. The normalized spacial score (nSPS) is 12.4. The molecule has 0 saturated heterocycles. The lowest BCUT2D eigenvalue weighted by Crippen LogP contribution is -2.35. The zero-order chi connectivity index (χ0) is 20.5. The molecule has 1 atom stereocenters. The number of carboxylic acid groups (broad SMARTS) is 1. The van der Waals surface area contributed by atoms with E-state index >= 15 is 0 Å². The lowest BCUT2D eigenvalue weighted by Gasteiger charge is -2.36. The molecule has 3 rings (SSSR count). The number of rotatable bonds is 10. The van der Waals surface area contributed by atoms with Crippen molar-refractivity contribution < 1.29 is 19.4 Å². The van der Waals surface area contributed by atoms with Crippen LogP contribution >= 0.6 is 0 Å². The van der Waals surface area contributed by atoms with Crippen LogP contribution in [0.25, 0.3) is 0 Å². The molecule has 0 heterocycles. The van der Waals surface area contributed by atoms with E-state index in [4.69, 9.17) is 14.6 Å². The van der Waals surface area contributed by atoms with E-state index in [1.54, 1.807) is 0 Å². The molecule has 0 saturated carbocycles. The molecule has 4 nitrogen and oxygen atoms in total. The monoisotopic (exact) mass is 390 g/mol. The second-order valence-electron chi connectivity index (χ2n) is 7.10. The minimum Gasteiger partial charge on any atom is -0.480 e. The van der Waals surface area contributed by atoms with E-state index in [9.17, 15) is 4.79 Å². The fraction of sp³-hybridized carbons (Fsp3) is 0.240. The second kappa shape index (κ2) is 10.0. The highest BCUT2D eigenvalue weighted by Crippen LogP contribution is 2.40. The minimum absolute atomic E-state index is 0.0323. The van der Waals surface area contributed by atoms with E-state index in [0.717, 1.165) is 16.7 Å². The van der Waals surface area contributed by atoms with Gasteiger partial charge in [0.25, 0.3) is 0 Å². The zero-order valence-corrected chi connectivity index (χ0v) is 16.5. The van der Waals surface area contributed by atoms with Gasteiger partial charge in [-0.15, -0.1) is 0 Å². The second-order valence-corrected chi connectivity index (χ2v) is 7.10. The average molecular weight is 390 g/mol. The van der Waals surface area contributed by atoms with Gasteiger partial charge < -0.3 is 14.6 Å². The highest BCUT2D eigenvalue weighted by Gasteiger charge is 2.37. The van der Waals surface area contributed by atoms with Crippen molar-refractivity contribution >= 4 is 5.97 Å². The summed E-state index contributed by atoms with van der Waals surface area (Å²) in [5, 5.41) is 8.78. The standard InChI is InChI=1S/C25H26O4/c1-20(17-28-19-24(26)27)18-29-25(21-11-5-2-6-12-21,22-13-7-3-8-14-22)23-15-9-4-10-16-23/h2-16,20H,17-19H2,1H3,(H,26,27)/t20-/m1/s1. The lowest BCUT2D eigenvalue weighted by molar-refractivity contribution is -0.143. The zero-order valence-electron chi connectivity index (χ0n) is 16.5. The Morgan fingerprint density at radius 3 is 1.59 bits per heavy atom. The van der Waals surface area contributed by atoms with E-state index in [-0.39, 0.29) is 12.5 Å². The number of carbonyl (C=O) groups is 1. The van der Waals surface area contributed by atoms with Crippen LogP contribution in [0, 0.1) is 5.92 Å². The average Bonchev–Trinajstić information content (AvgIpc) is 2.76. The van der Waals surface area contributed by atoms with Gasteiger partial charge in [-0.1, -0.05) is 97.9 Å². The van der Waals surface area contributed by atoms with Crippen molar-refractivity contribution in [2.45, 2.75) is 12.5 Å². The maximum atomic E-state index is 10.7. The molecule has 3 aromatic rings. The molecule has 0 bridgehead atoms. The van der Waals surface area contributed by atoms with Crippen LogP contribution in [-0.4, -0.2) is 30.9 Å².